The van der Waals surface area contributed by atoms with Crippen LogP contribution in [0, 0.1) is 5.92 Å². The molecular formula is C18H26N2O5. The molecule has 1 aromatic rings. The van der Waals surface area contributed by atoms with E-state index in [1.54, 1.807) is 20.3 Å². The highest BCUT2D eigenvalue weighted by Crippen LogP contribution is 2.30. The lowest BCUT2D eigenvalue weighted by Gasteiger charge is -2.17. The zero-order valence-corrected chi connectivity index (χ0v) is 15.0. The van der Waals surface area contributed by atoms with Crippen molar-refractivity contribution in [3.63, 3.8) is 0 Å². The lowest BCUT2D eigenvalue weighted by Crippen LogP contribution is -2.38. The highest BCUT2D eigenvalue weighted by Gasteiger charge is 2.29. The molecule has 1 fully saturated rings. The summed E-state index contributed by atoms with van der Waals surface area (Å²) in [7, 11) is 3.18. The first-order chi connectivity index (χ1) is 12.0. The zero-order valence-electron chi connectivity index (χ0n) is 15.0. The van der Waals surface area contributed by atoms with Crippen LogP contribution in [0.15, 0.2) is 18.2 Å². The van der Waals surface area contributed by atoms with E-state index < -0.39 is 0 Å². The summed E-state index contributed by atoms with van der Waals surface area (Å²) in [5.74, 6) is 1.05. The Morgan fingerprint density at radius 3 is 2.60 bits per heavy atom. The molecule has 7 nitrogen and oxygen atoms in total. The van der Waals surface area contributed by atoms with E-state index in [2.05, 4.69) is 10.6 Å². The molecule has 0 spiro atoms. The van der Waals surface area contributed by atoms with E-state index in [0.717, 1.165) is 18.4 Å². The predicted octanol–water partition coefficient (Wildman–Crippen LogP) is 1.42. The fourth-order valence-corrected chi connectivity index (χ4v) is 2.34. The SMILES string of the molecule is COCCOc1ccc(C(C)NC(=O)CNC(=O)C2CC2)cc1OC. The molecule has 25 heavy (non-hydrogen) atoms. The van der Waals surface area contributed by atoms with Gasteiger partial charge >= 0.3 is 0 Å². The maximum absolute atomic E-state index is 12.0. The number of ether oxygens (including phenoxy) is 3. The average molecular weight is 350 g/mol. The standard InChI is InChI=1S/C18H26N2O5/c1-12(20-17(21)11-19-18(22)13-4-5-13)14-6-7-15(16(10-14)24-3)25-9-8-23-2/h6-7,10,12-13H,4-5,8-9,11H2,1-3H3,(H,19,22)(H,20,21). The van der Waals surface area contributed by atoms with Gasteiger partial charge in [-0.1, -0.05) is 6.07 Å². The number of methoxy groups -OCH3 is 2. The van der Waals surface area contributed by atoms with Crippen LogP contribution in [-0.4, -0.2) is 45.8 Å². The van der Waals surface area contributed by atoms with Crippen molar-refractivity contribution < 1.29 is 23.8 Å². The summed E-state index contributed by atoms with van der Waals surface area (Å²) in [6.07, 6.45) is 1.84. The highest BCUT2D eigenvalue weighted by molar-refractivity contribution is 5.87. The van der Waals surface area contributed by atoms with Crippen LogP contribution in [-0.2, 0) is 14.3 Å². The van der Waals surface area contributed by atoms with Gasteiger partial charge in [-0.15, -0.1) is 0 Å². The van der Waals surface area contributed by atoms with E-state index in [9.17, 15) is 9.59 Å². The molecule has 1 saturated carbocycles. The van der Waals surface area contributed by atoms with E-state index in [4.69, 9.17) is 14.2 Å². The molecule has 0 radical (unpaired) electrons. The van der Waals surface area contributed by atoms with Crippen LogP contribution in [0.2, 0.25) is 0 Å². The molecule has 0 bridgehead atoms. The number of benzene rings is 1. The van der Waals surface area contributed by atoms with Crippen LogP contribution in [0.3, 0.4) is 0 Å². The van der Waals surface area contributed by atoms with Gasteiger partial charge in [0.05, 0.1) is 26.3 Å². The molecule has 138 valence electrons. The van der Waals surface area contributed by atoms with Crippen molar-refractivity contribution in [2.45, 2.75) is 25.8 Å². The number of hydrogen-bond donors (Lipinski definition) is 2. The molecule has 7 heteroatoms. The Hall–Kier alpha value is -2.28. The van der Waals surface area contributed by atoms with E-state index in [1.807, 2.05) is 19.1 Å². The molecule has 1 aromatic carbocycles. The van der Waals surface area contributed by atoms with Crippen LogP contribution in [0.25, 0.3) is 0 Å². The first-order valence-electron chi connectivity index (χ1n) is 8.42. The number of carbonyl (C=O) groups excluding carboxylic acids is 2. The molecule has 0 aliphatic heterocycles. The fraction of sp³-hybridized carbons (Fsp3) is 0.556. The Morgan fingerprint density at radius 2 is 1.96 bits per heavy atom. The number of hydrogen-bond acceptors (Lipinski definition) is 5. The summed E-state index contributed by atoms with van der Waals surface area (Å²) in [6.45, 7) is 2.79. The second kappa shape index (κ2) is 9.27. The molecule has 0 heterocycles. The third-order valence-electron chi connectivity index (χ3n) is 3.98. The summed E-state index contributed by atoms with van der Waals surface area (Å²) in [5, 5.41) is 5.52. The van der Waals surface area contributed by atoms with Crippen molar-refractivity contribution in [2.75, 3.05) is 34.0 Å². The summed E-state index contributed by atoms with van der Waals surface area (Å²) >= 11 is 0. The Kier molecular flexibility index (Phi) is 7.06. The maximum atomic E-state index is 12.0. The van der Waals surface area contributed by atoms with E-state index in [-0.39, 0.29) is 30.3 Å². The summed E-state index contributed by atoms with van der Waals surface area (Å²) < 4.78 is 15.9. The first-order valence-corrected chi connectivity index (χ1v) is 8.42. The molecule has 0 aromatic heterocycles. The average Bonchev–Trinajstić information content (AvgIpc) is 3.45. The van der Waals surface area contributed by atoms with E-state index >= 15 is 0 Å². The molecule has 2 amide bonds. The minimum absolute atomic E-state index is 0.00494. The van der Waals surface area contributed by atoms with E-state index in [1.165, 1.54) is 0 Å². The van der Waals surface area contributed by atoms with Gasteiger partial charge in [-0.3, -0.25) is 9.59 Å². The second-order valence-electron chi connectivity index (χ2n) is 6.03. The van der Waals surface area contributed by atoms with Crippen LogP contribution in [0.1, 0.15) is 31.4 Å². The third kappa shape index (κ3) is 5.94. The van der Waals surface area contributed by atoms with Gasteiger partial charge in [-0.05, 0) is 37.5 Å². The molecule has 0 saturated heterocycles. The number of amides is 2. The van der Waals surface area contributed by atoms with Gasteiger partial charge in [0.2, 0.25) is 11.8 Å². The van der Waals surface area contributed by atoms with Crippen molar-refractivity contribution in [2.24, 2.45) is 5.92 Å². The number of rotatable bonds is 10. The van der Waals surface area contributed by atoms with Crippen molar-refractivity contribution >= 4 is 11.8 Å². The molecule has 1 aliphatic carbocycles. The molecular weight excluding hydrogens is 324 g/mol. The highest BCUT2D eigenvalue weighted by atomic mass is 16.5. The minimum atomic E-state index is -0.221. The van der Waals surface area contributed by atoms with Gasteiger partial charge in [-0.2, -0.15) is 0 Å². The Morgan fingerprint density at radius 1 is 1.20 bits per heavy atom. The normalized spacial score (nSPS) is 14.5. The zero-order chi connectivity index (χ0) is 18.2. The van der Waals surface area contributed by atoms with Gasteiger partial charge in [-0.25, -0.2) is 0 Å². The van der Waals surface area contributed by atoms with Crippen LogP contribution >= 0.6 is 0 Å². The summed E-state index contributed by atoms with van der Waals surface area (Å²) in [4.78, 5) is 23.5. The molecule has 1 atom stereocenters. The predicted molar refractivity (Wildman–Crippen MR) is 92.7 cm³/mol. The largest absolute Gasteiger partial charge is 0.493 e. The molecule has 1 unspecified atom stereocenters. The Labute approximate surface area is 148 Å². The van der Waals surface area contributed by atoms with Crippen molar-refractivity contribution in [1.82, 2.24) is 10.6 Å². The third-order valence-corrected chi connectivity index (χ3v) is 3.98. The number of nitrogens with one attached hydrogen (secondary N) is 2. The summed E-state index contributed by atoms with van der Waals surface area (Å²) in [6, 6.07) is 5.29. The topological polar surface area (TPSA) is 85.9 Å². The molecule has 2 N–H and O–H groups in total. The quantitative estimate of drug-likeness (QED) is 0.624. The van der Waals surface area contributed by atoms with Gasteiger partial charge < -0.3 is 24.8 Å². The van der Waals surface area contributed by atoms with Crippen molar-refractivity contribution in [3.05, 3.63) is 23.8 Å². The van der Waals surface area contributed by atoms with Gasteiger partial charge in [0.1, 0.15) is 6.61 Å². The Bertz CT molecular complexity index is 601. The van der Waals surface area contributed by atoms with Gasteiger partial charge in [0.25, 0.3) is 0 Å². The minimum Gasteiger partial charge on any atom is -0.493 e. The van der Waals surface area contributed by atoms with Crippen molar-refractivity contribution in [1.29, 1.82) is 0 Å². The fourth-order valence-electron chi connectivity index (χ4n) is 2.34. The first kappa shape index (κ1) is 19.1. The maximum Gasteiger partial charge on any atom is 0.239 e. The van der Waals surface area contributed by atoms with E-state index in [0.29, 0.717) is 24.7 Å². The smallest absolute Gasteiger partial charge is 0.239 e. The molecule has 1 aliphatic rings. The lowest BCUT2D eigenvalue weighted by atomic mass is 10.1. The molecule has 2 rings (SSSR count). The number of carbonyl (C=O) groups is 2. The second-order valence-corrected chi connectivity index (χ2v) is 6.03. The van der Waals surface area contributed by atoms with Crippen LogP contribution < -0.4 is 20.1 Å². The van der Waals surface area contributed by atoms with Gasteiger partial charge in [0, 0.05) is 13.0 Å². The lowest BCUT2D eigenvalue weighted by molar-refractivity contribution is -0.127. The van der Waals surface area contributed by atoms with Gasteiger partial charge in [0.15, 0.2) is 11.5 Å². The van der Waals surface area contributed by atoms with Crippen molar-refractivity contribution in [3.8, 4) is 11.5 Å². The monoisotopic (exact) mass is 350 g/mol. The van der Waals surface area contributed by atoms with Crippen LogP contribution in [0.5, 0.6) is 11.5 Å². The Balaban J connectivity index is 1.87. The summed E-state index contributed by atoms with van der Waals surface area (Å²) in [5.41, 5.74) is 0.887. The van der Waals surface area contributed by atoms with Crippen LogP contribution in [0.4, 0.5) is 0 Å².